The van der Waals surface area contributed by atoms with Crippen LogP contribution >= 0.6 is 0 Å². The Hall–Kier alpha value is -3.16. The first kappa shape index (κ1) is 17.3. The van der Waals surface area contributed by atoms with Crippen LogP contribution in [0.4, 0.5) is 8.78 Å². The van der Waals surface area contributed by atoms with Crippen molar-refractivity contribution in [2.75, 3.05) is 13.3 Å². The van der Waals surface area contributed by atoms with Gasteiger partial charge in [0, 0.05) is 18.9 Å². The lowest BCUT2D eigenvalue weighted by atomic mass is 10.1. The minimum Gasteiger partial charge on any atom is -0.454 e. The Balaban J connectivity index is 1.48. The van der Waals surface area contributed by atoms with E-state index in [1.165, 1.54) is 17.1 Å². The van der Waals surface area contributed by atoms with Crippen LogP contribution in [0.3, 0.4) is 0 Å². The number of hydrogen-bond acceptors (Lipinski definition) is 5. The average molecular weight is 374 g/mol. The average Bonchev–Trinajstić information content (AvgIpc) is 3.29. The van der Waals surface area contributed by atoms with E-state index in [-0.39, 0.29) is 18.4 Å². The monoisotopic (exact) mass is 374 g/mol. The molecule has 6 nitrogen and oxygen atoms in total. The normalized spacial score (nSPS) is 15.7. The number of fused-ring (bicyclic) bond motifs is 1. The van der Waals surface area contributed by atoms with Crippen molar-refractivity contribution in [1.29, 1.82) is 0 Å². The summed E-state index contributed by atoms with van der Waals surface area (Å²) in [5.41, 5.74) is 1.92. The van der Waals surface area contributed by atoms with Gasteiger partial charge in [-0.3, -0.25) is 4.79 Å². The van der Waals surface area contributed by atoms with Crippen LogP contribution in [-0.4, -0.2) is 36.1 Å². The predicted octanol–water partition coefficient (Wildman–Crippen LogP) is 3.66. The summed E-state index contributed by atoms with van der Waals surface area (Å²) in [6.45, 7) is 1.26. The standard InChI is InChI=1S/C19H16F2N2O4/c1-19(20,21)27-14-5-2-12(3-6-14)15-8-9-23(22-15)18(24)13-4-7-16-17(10-13)26-11-25-16/h2-7,10H,8-9,11H2,1H3. The Morgan fingerprint density at radius 1 is 1.15 bits per heavy atom. The summed E-state index contributed by atoms with van der Waals surface area (Å²) in [4.78, 5) is 12.7. The molecule has 0 N–H and O–H groups in total. The van der Waals surface area contributed by atoms with Crippen molar-refractivity contribution in [1.82, 2.24) is 5.01 Å². The van der Waals surface area contributed by atoms with Crippen LogP contribution in [0.15, 0.2) is 47.6 Å². The van der Waals surface area contributed by atoms with E-state index in [0.717, 1.165) is 5.56 Å². The van der Waals surface area contributed by atoms with Crippen molar-refractivity contribution in [3.05, 3.63) is 53.6 Å². The molecule has 0 aromatic heterocycles. The second kappa shape index (κ2) is 6.53. The molecule has 0 atom stereocenters. The number of hydrazone groups is 1. The molecule has 2 aliphatic rings. The molecule has 2 heterocycles. The number of ether oxygens (including phenoxy) is 3. The van der Waals surface area contributed by atoms with E-state index in [2.05, 4.69) is 9.84 Å². The fourth-order valence-electron chi connectivity index (χ4n) is 2.91. The van der Waals surface area contributed by atoms with Crippen LogP contribution < -0.4 is 14.2 Å². The molecule has 2 aromatic carbocycles. The predicted molar refractivity (Wildman–Crippen MR) is 92.4 cm³/mol. The van der Waals surface area contributed by atoms with Gasteiger partial charge in [-0.25, -0.2) is 5.01 Å². The quantitative estimate of drug-likeness (QED) is 0.820. The second-order valence-electron chi connectivity index (χ2n) is 6.23. The van der Waals surface area contributed by atoms with Crippen molar-refractivity contribution >= 4 is 11.6 Å². The van der Waals surface area contributed by atoms with Gasteiger partial charge >= 0.3 is 6.11 Å². The van der Waals surface area contributed by atoms with Crippen LogP contribution in [0, 0.1) is 0 Å². The summed E-state index contributed by atoms with van der Waals surface area (Å²) in [7, 11) is 0. The van der Waals surface area contributed by atoms with E-state index in [0.29, 0.717) is 42.7 Å². The Labute approximate surface area is 153 Å². The number of halogens is 2. The Morgan fingerprint density at radius 2 is 1.89 bits per heavy atom. The SMILES string of the molecule is CC(F)(F)Oc1ccc(C2=NN(C(=O)c3ccc4c(c3)OCO4)CC2)cc1. The van der Waals surface area contributed by atoms with Gasteiger partial charge in [-0.05, 0) is 48.0 Å². The highest BCUT2D eigenvalue weighted by Crippen LogP contribution is 2.33. The fourth-order valence-corrected chi connectivity index (χ4v) is 2.91. The third-order valence-electron chi connectivity index (χ3n) is 4.14. The Bertz CT molecular complexity index is 907. The molecule has 0 fully saturated rings. The molecule has 27 heavy (non-hydrogen) atoms. The number of alkyl halides is 2. The topological polar surface area (TPSA) is 60.4 Å². The van der Waals surface area contributed by atoms with E-state index in [1.54, 1.807) is 30.3 Å². The molecule has 2 aromatic rings. The third kappa shape index (κ3) is 3.69. The number of carbonyl (C=O) groups excluding carboxylic acids is 1. The summed E-state index contributed by atoms with van der Waals surface area (Å²) in [6, 6.07) is 11.2. The molecular weight excluding hydrogens is 358 g/mol. The molecule has 0 aliphatic carbocycles. The van der Waals surface area contributed by atoms with Gasteiger partial charge in [-0.1, -0.05) is 0 Å². The molecule has 0 unspecified atom stereocenters. The summed E-state index contributed by atoms with van der Waals surface area (Å²) in [5.74, 6) is 0.969. The van der Waals surface area contributed by atoms with Gasteiger partial charge in [0.1, 0.15) is 5.75 Å². The maximum Gasteiger partial charge on any atom is 0.394 e. The van der Waals surface area contributed by atoms with Gasteiger partial charge < -0.3 is 14.2 Å². The first-order valence-electron chi connectivity index (χ1n) is 8.35. The highest BCUT2D eigenvalue weighted by Gasteiger charge is 2.26. The minimum absolute atomic E-state index is 0.0677. The van der Waals surface area contributed by atoms with E-state index in [1.807, 2.05) is 0 Å². The zero-order valence-corrected chi connectivity index (χ0v) is 14.4. The number of amides is 1. The molecule has 1 amide bonds. The number of hydrogen-bond donors (Lipinski definition) is 0. The van der Waals surface area contributed by atoms with Gasteiger partial charge in [0.2, 0.25) is 6.79 Å². The van der Waals surface area contributed by atoms with Crippen LogP contribution in [0.1, 0.15) is 29.3 Å². The highest BCUT2D eigenvalue weighted by atomic mass is 19.3. The van der Waals surface area contributed by atoms with Crippen LogP contribution in [0.25, 0.3) is 0 Å². The fraction of sp³-hybridized carbons (Fsp3) is 0.263. The van der Waals surface area contributed by atoms with E-state index in [9.17, 15) is 13.6 Å². The maximum atomic E-state index is 12.9. The lowest BCUT2D eigenvalue weighted by Crippen LogP contribution is -2.23. The first-order chi connectivity index (χ1) is 12.9. The van der Waals surface area contributed by atoms with Crippen molar-refractivity contribution in [2.45, 2.75) is 19.5 Å². The lowest BCUT2D eigenvalue weighted by Gasteiger charge is -2.13. The molecule has 0 bridgehead atoms. The van der Waals surface area contributed by atoms with Gasteiger partial charge in [0.05, 0.1) is 12.3 Å². The molecule has 0 saturated carbocycles. The zero-order chi connectivity index (χ0) is 19.0. The second-order valence-corrected chi connectivity index (χ2v) is 6.23. The molecule has 0 spiro atoms. The van der Waals surface area contributed by atoms with E-state index >= 15 is 0 Å². The van der Waals surface area contributed by atoms with Gasteiger partial charge in [-0.2, -0.15) is 13.9 Å². The minimum atomic E-state index is -3.24. The van der Waals surface area contributed by atoms with E-state index < -0.39 is 6.11 Å². The van der Waals surface area contributed by atoms with Crippen LogP contribution in [-0.2, 0) is 0 Å². The summed E-state index contributed by atoms with van der Waals surface area (Å²) in [6.07, 6.45) is -2.67. The number of nitrogens with zero attached hydrogens (tertiary/aromatic N) is 2. The van der Waals surface area contributed by atoms with Gasteiger partial charge in [-0.15, -0.1) is 0 Å². The largest absolute Gasteiger partial charge is 0.454 e. The summed E-state index contributed by atoms with van der Waals surface area (Å²) in [5, 5.41) is 5.76. The molecule has 2 aliphatic heterocycles. The molecule has 140 valence electrons. The third-order valence-corrected chi connectivity index (χ3v) is 4.14. The molecular formula is C19H16F2N2O4. The zero-order valence-electron chi connectivity index (χ0n) is 14.4. The molecule has 0 radical (unpaired) electrons. The Morgan fingerprint density at radius 3 is 2.63 bits per heavy atom. The number of carbonyl (C=O) groups is 1. The summed E-state index contributed by atoms with van der Waals surface area (Å²) >= 11 is 0. The van der Waals surface area contributed by atoms with Crippen molar-refractivity contribution in [3.8, 4) is 17.2 Å². The smallest absolute Gasteiger partial charge is 0.394 e. The molecule has 8 heteroatoms. The highest BCUT2D eigenvalue weighted by molar-refractivity contribution is 6.04. The molecule has 4 rings (SSSR count). The number of rotatable bonds is 4. The first-order valence-corrected chi connectivity index (χ1v) is 8.35. The van der Waals surface area contributed by atoms with Gasteiger partial charge in [0.25, 0.3) is 5.91 Å². The number of benzene rings is 2. The maximum absolute atomic E-state index is 12.9. The van der Waals surface area contributed by atoms with Crippen LogP contribution in [0.5, 0.6) is 17.2 Å². The van der Waals surface area contributed by atoms with Crippen molar-refractivity contribution in [2.24, 2.45) is 5.10 Å². The van der Waals surface area contributed by atoms with Gasteiger partial charge in [0.15, 0.2) is 11.5 Å². The molecule has 0 saturated heterocycles. The Kier molecular flexibility index (Phi) is 4.18. The van der Waals surface area contributed by atoms with Crippen LogP contribution in [0.2, 0.25) is 0 Å². The van der Waals surface area contributed by atoms with E-state index in [4.69, 9.17) is 9.47 Å². The van der Waals surface area contributed by atoms with Crippen molar-refractivity contribution in [3.63, 3.8) is 0 Å². The lowest BCUT2D eigenvalue weighted by molar-refractivity contribution is -0.158. The summed E-state index contributed by atoms with van der Waals surface area (Å²) < 4.78 is 40.8. The van der Waals surface area contributed by atoms with Crippen molar-refractivity contribution < 1.29 is 27.8 Å².